The van der Waals surface area contributed by atoms with Crippen molar-refractivity contribution in [3.63, 3.8) is 0 Å². The molecule has 3 heteroatoms. The van der Waals surface area contributed by atoms with E-state index in [9.17, 15) is 0 Å². The van der Waals surface area contributed by atoms with E-state index < -0.39 is 0 Å². The molecule has 1 aliphatic heterocycles. The van der Waals surface area contributed by atoms with Crippen molar-refractivity contribution < 1.29 is 0 Å². The van der Waals surface area contributed by atoms with Gasteiger partial charge in [0.1, 0.15) is 0 Å². The van der Waals surface area contributed by atoms with E-state index in [4.69, 9.17) is 5.84 Å². The molecule has 0 bridgehead atoms. The van der Waals surface area contributed by atoms with Gasteiger partial charge in [0.2, 0.25) is 0 Å². The van der Waals surface area contributed by atoms with Crippen molar-refractivity contribution in [2.45, 2.75) is 38.6 Å². The van der Waals surface area contributed by atoms with E-state index in [1.807, 2.05) is 0 Å². The van der Waals surface area contributed by atoms with E-state index in [1.54, 1.807) is 4.68 Å². The summed E-state index contributed by atoms with van der Waals surface area (Å²) in [6.45, 7) is 6.97. The van der Waals surface area contributed by atoms with Crippen LogP contribution in [0, 0.1) is 0 Å². The summed E-state index contributed by atoms with van der Waals surface area (Å²) < 4.78 is 1.78. The minimum absolute atomic E-state index is 0.657. The maximum absolute atomic E-state index is 6.07. The van der Waals surface area contributed by atoms with Crippen LogP contribution in [0.5, 0.6) is 0 Å². The number of hydrogen-bond donors (Lipinski definition) is 1. The molecule has 102 valence electrons. The normalized spacial score (nSPS) is 18.5. The fourth-order valence-electron chi connectivity index (χ4n) is 3.28. The lowest BCUT2D eigenvalue weighted by Crippen LogP contribution is -2.37. The van der Waals surface area contributed by atoms with Crippen LogP contribution in [0.25, 0.3) is 10.9 Å². The molecular formula is C16H23N3. The van der Waals surface area contributed by atoms with Gasteiger partial charge in [0, 0.05) is 17.6 Å². The second kappa shape index (κ2) is 4.89. The van der Waals surface area contributed by atoms with E-state index in [1.165, 1.54) is 36.9 Å². The number of piperidine rings is 1. The molecule has 0 amide bonds. The second-order valence-electron chi connectivity index (χ2n) is 5.91. The van der Waals surface area contributed by atoms with Gasteiger partial charge in [0.25, 0.3) is 0 Å². The SMILES string of the molecule is CC(C)N1CCC(c2cn(N)c3ccccc23)CC1. The number of aromatic nitrogens is 1. The monoisotopic (exact) mass is 257 g/mol. The van der Waals surface area contributed by atoms with Crippen LogP contribution in [0.2, 0.25) is 0 Å². The third-order valence-corrected chi connectivity index (χ3v) is 4.47. The summed E-state index contributed by atoms with van der Waals surface area (Å²) >= 11 is 0. The zero-order chi connectivity index (χ0) is 13.4. The van der Waals surface area contributed by atoms with Crippen molar-refractivity contribution >= 4 is 10.9 Å². The van der Waals surface area contributed by atoms with Crippen LogP contribution in [-0.4, -0.2) is 28.7 Å². The maximum Gasteiger partial charge on any atom is 0.0693 e. The van der Waals surface area contributed by atoms with Gasteiger partial charge in [-0.25, -0.2) is 0 Å². The van der Waals surface area contributed by atoms with Crippen LogP contribution in [0.3, 0.4) is 0 Å². The molecule has 1 fully saturated rings. The van der Waals surface area contributed by atoms with Gasteiger partial charge in [-0.3, -0.25) is 4.68 Å². The Labute approximate surface area is 115 Å². The number of nitrogens with two attached hydrogens (primary N) is 1. The average Bonchev–Trinajstić information content (AvgIpc) is 2.77. The number of nitrogens with zero attached hydrogens (tertiary/aromatic N) is 2. The fourth-order valence-corrected chi connectivity index (χ4v) is 3.28. The largest absolute Gasteiger partial charge is 0.339 e. The van der Waals surface area contributed by atoms with E-state index in [2.05, 4.69) is 49.2 Å². The van der Waals surface area contributed by atoms with Crippen LogP contribution in [0.1, 0.15) is 38.2 Å². The van der Waals surface area contributed by atoms with Crippen molar-refractivity contribution in [3.8, 4) is 0 Å². The molecule has 0 saturated carbocycles. The number of hydrogen-bond acceptors (Lipinski definition) is 2. The highest BCUT2D eigenvalue weighted by molar-refractivity contribution is 5.84. The minimum atomic E-state index is 0.657. The van der Waals surface area contributed by atoms with E-state index in [-0.39, 0.29) is 0 Å². The highest BCUT2D eigenvalue weighted by Crippen LogP contribution is 2.34. The molecule has 2 heterocycles. The third-order valence-electron chi connectivity index (χ3n) is 4.47. The topological polar surface area (TPSA) is 34.2 Å². The van der Waals surface area contributed by atoms with Crippen molar-refractivity contribution in [2.24, 2.45) is 0 Å². The van der Waals surface area contributed by atoms with Gasteiger partial charge >= 0.3 is 0 Å². The third kappa shape index (κ3) is 2.23. The van der Waals surface area contributed by atoms with Crippen LogP contribution in [0.4, 0.5) is 0 Å². The quantitative estimate of drug-likeness (QED) is 0.839. The molecule has 3 rings (SSSR count). The van der Waals surface area contributed by atoms with Gasteiger partial charge < -0.3 is 10.7 Å². The number of fused-ring (bicyclic) bond motifs is 1. The number of rotatable bonds is 2. The molecule has 1 aromatic heterocycles. The highest BCUT2D eigenvalue weighted by atomic mass is 15.3. The summed E-state index contributed by atoms with van der Waals surface area (Å²) in [4.78, 5) is 2.57. The molecular weight excluding hydrogens is 234 g/mol. The van der Waals surface area contributed by atoms with Crippen LogP contribution >= 0.6 is 0 Å². The Morgan fingerprint density at radius 1 is 1.16 bits per heavy atom. The lowest BCUT2D eigenvalue weighted by Gasteiger charge is -2.34. The molecule has 0 unspecified atom stereocenters. The molecule has 2 N–H and O–H groups in total. The lowest BCUT2D eigenvalue weighted by atomic mass is 9.89. The summed E-state index contributed by atoms with van der Waals surface area (Å²) in [6.07, 6.45) is 4.61. The molecule has 0 atom stereocenters. The smallest absolute Gasteiger partial charge is 0.0693 e. The molecule has 1 aliphatic rings. The molecule has 19 heavy (non-hydrogen) atoms. The molecule has 0 aliphatic carbocycles. The predicted molar refractivity (Wildman–Crippen MR) is 80.8 cm³/mol. The van der Waals surface area contributed by atoms with Gasteiger partial charge in [-0.05, 0) is 57.3 Å². The van der Waals surface area contributed by atoms with Crippen molar-refractivity contribution in [1.29, 1.82) is 0 Å². The Kier molecular flexibility index (Phi) is 3.23. The van der Waals surface area contributed by atoms with Gasteiger partial charge in [-0.2, -0.15) is 0 Å². The van der Waals surface area contributed by atoms with Crippen molar-refractivity contribution in [3.05, 3.63) is 36.0 Å². The van der Waals surface area contributed by atoms with Gasteiger partial charge in [0.15, 0.2) is 0 Å². The summed E-state index contributed by atoms with van der Waals surface area (Å²) in [5.41, 5.74) is 2.57. The summed E-state index contributed by atoms with van der Waals surface area (Å²) in [5.74, 6) is 6.72. The van der Waals surface area contributed by atoms with Crippen LogP contribution < -0.4 is 5.84 Å². The van der Waals surface area contributed by atoms with E-state index >= 15 is 0 Å². The summed E-state index contributed by atoms with van der Waals surface area (Å²) in [5, 5.41) is 1.33. The Hall–Kier alpha value is -1.48. The Balaban J connectivity index is 1.86. The number of nitrogen functional groups attached to an aromatic ring is 1. The zero-order valence-electron chi connectivity index (χ0n) is 11.8. The zero-order valence-corrected chi connectivity index (χ0v) is 11.8. The fraction of sp³-hybridized carbons (Fsp3) is 0.500. The van der Waals surface area contributed by atoms with Crippen LogP contribution in [0.15, 0.2) is 30.5 Å². The van der Waals surface area contributed by atoms with Gasteiger partial charge in [-0.1, -0.05) is 18.2 Å². The Morgan fingerprint density at radius 2 is 1.84 bits per heavy atom. The van der Waals surface area contributed by atoms with Crippen LogP contribution in [-0.2, 0) is 0 Å². The van der Waals surface area contributed by atoms with Gasteiger partial charge in [0.05, 0.1) is 5.52 Å². The minimum Gasteiger partial charge on any atom is -0.339 e. The second-order valence-corrected chi connectivity index (χ2v) is 5.91. The predicted octanol–water partition coefficient (Wildman–Crippen LogP) is 2.94. The summed E-state index contributed by atoms with van der Waals surface area (Å²) in [7, 11) is 0. The molecule has 1 aromatic carbocycles. The Bertz CT molecular complexity index is 562. The molecule has 3 nitrogen and oxygen atoms in total. The maximum atomic E-state index is 6.07. The summed E-state index contributed by atoms with van der Waals surface area (Å²) in [6, 6.07) is 9.12. The number of benzene rings is 1. The first-order valence-electron chi connectivity index (χ1n) is 7.26. The molecule has 1 saturated heterocycles. The molecule has 0 spiro atoms. The lowest BCUT2D eigenvalue weighted by molar-refractivity contribution is 0.172. The number of para-hydroxylation sites is 1. The molecule has 0 radical (unpaired) electrons. The first kappa shape index (κ1) is 12.5. The van der Waals surface area contributed by atoms with Gasteiger partial charge in [-0.15, -0.1) is 0 Å². The van der Waals surface area contributed by atoms with E-state index in [0.29, 0.717) is 12.0 Å². The first-order valence-corrected chi connectivity index (χ1v) is 7.26. The Morgan fingerprint density at radius 3 is 2.53 bits per heavy atom. The first-order chi connectivity index (χ1) is 9.16. The molecule has 2 aromatic rings. The average molecular weight is 257 g/mol. The highest BCUT2D eigenvalue weighted by Gasteiger charge is 2.24. The van der Waals surface area contributed by atoms with E-state index in [0.717, 1.165) is 5.52 Å². The van der Waals surface area contributed by atoms with Crippen molar-refractivity contribution in [1.82, 2.24) is 9.58 Å². The number of likely N-dealkylation sites (tertiary alicyclic amines) is 1. The van der Waals surface area contributed by atoms with Crippen molar-refractivity contribution in [2.75, 3.05) is 18.9 Å². The standard InChI is InChI=1S/C16H23N3/c1-12(2)18-9-7-13(8-10-18)15-11-19(17)16-6-4-3-5-14(15)16/h3-6,11-13H,7-10,17H2,1-2H3.